The molecule has 260 valence electrons. The Bertz CT molecular complexity index is 1690. The molecule has 5 nitrogen and oxygen atoms in total. The van der Waals surface area contributed by atoms with Crippen LogP contribution in [0, 0.1) is 30.0 Å². The lowest BCUT2D eigenvalue weighted by Crippen LogP contribution is -2.52. The summed E-state index contributed by atoms with van der Waals surface area (Å²) in [7, 11) is 0. The molecule has 2 atom stereocenters. The Kier molecular flexibility index (Phi) is 15.4. The lowest BCUT2D eigenvalue weighted by molar-refractivity contribution is 0.104. The molecule has 2 aromatic carbocycles. The number of pyridine rings is 1. The van der Waals surface area contributed by atoms with Crippen molar-refractivity contribution in [3.05, 3.63) is 137 Å². The number of halogens is 1. The number of nitriles is 1. The molecule has 0 N–H and O–H groups in total. The quantitative estimate of drug-likeness (QED) is 0.110. The number of carbonyl (C=O) groups excluding carboxylic acids is 1. The third-order valence-corrected chi connectivity index (χ3v) is 9.11. The number of benzene rings is 2. The first-order valence-electron chi connectivity index (χ1n) is 17.1. The Morgan fingerprint density at radius 3 is 2.61 bits per heavy atom. The average Bonchev–Trinajstić information content (AvgIpc) is 3.61. The topological polar surface area (TPSA) is 60.2 Å². The van der Waals surface area contributed by atoms with Crippen molar-refractivity contribution in [2.75, 3.05) is 31.1 Å². The van der Waals surface area contributed by atoms with Crippen molar-refractivity contribution in [3.63, 3.8) is 0 Å². The molecular formula is C43H55FN4O. The van der Waals surface area contributed by atoms with E-state index in [9.17, 15) is 9.18 Å². The highest BCUT2D eigenvalue weighted by atomic mass is 19.1. The maximum Gasteiger partial charge on any atom is 0.185 e. The fraction of sp³-hybridized carbons (Fsp3) is 0.372. The first kappa shape index (κ1) is 38.8. The van der Waals surface area contributed by atoms with E-state index in [2.05, 4.69) is 92.3 Å². The van der Waals surface area contributed by atoms with Crippen LogP contribution >= 0.6 is 0 Å². The summed E-state index contributed by atoms with van der Waals surface area (Å²) in [6.07, 6.45) is 16.4. The minimum atomic E-state index is -0.339. The minimum absolute atomic E-state index is 0. The van der Waals surface area contributed by atoms with Crippen LogP contribution in [0.1, 0.15) is 86.7 Å². The van der Waals surface area contributed by atoms with Gasteiger partial charge in [0.2, 0.25) is 0 Å². The summed E-state index contributed by atoms with van der Waals surface area (Å²) < 4.78 is 13.0. The van der Waals surface area contributed by atoms with Crippen molar-refractivity contribution in [3.8, 4) is 6.07 Å². The Labute approximate surface area is 295 Å². The Hall–Kier alpha value is -4.60. The van der Waals surface area contributed by atoms with Crippen molar-refractivity contribution in [1.29, 1.82) is 5.26 Å². The smallest absolute Gasteiger partial charge is 0.185 e. The molecule has 0 radical (unpaired) electrons. The summed E-state index contributed by atoms with van der Waals surface area (Å²) in [5.41, 5.74) is 6.59. The SMILES string of the molecule is C.C=CC(=O)c1ccc(/C=C(\C)CN2CCN(c3cccc(C)n3)C[C@@H]2C)c(CCC[C@H]2C=CCC2)c1.C=CCc1ccc(C#N)cc1F.[HH]. The number of carbonyl (C=O) groups is 1. The zero-order chi connectivity index (χ0) is 34.5. The maximum atomic E-state index is 13.0. The van der Waals surface area contributed by atoms with Crippen LogP contribution in [0.5, 0.6) is 0 Å². The molecule has 3 aromatic rings. The summed E-state index contributed by atoms with van der Waals surface area (Å²) in [5, 5.41) is 8.45. The van der Waals surface area contributed by atoms with Gasteiger partial charge in [0.1, 0.15) is 11.6 Å². The van der Waals surface area contributed by atoms with E-state index in [1.165, 1.54) is 48.1 Å². The highest BCUT2D eigenvalue weighted by Crippen LogP contribution is 2.25. The van der Waals surface area contributed by atoms with Crippen molar-refractivity contribution in [2.24, 2.45) is 5.92 Å². The number of piperazine rings is 1. The molecule has 49 heavy (non-hydrogen) atoms. The van der Waals surface area contributed by atoms with Crippen molar-refractivity contribution in [2.45, 2.75) is 72.8 Å². The highest BCUT2D eigenvalue weighted by molar-refractivity contribution is 6.04. The summed E-state index contributed by atoms with van der Waals surface area (Å²) in [6.45, 7) is 17.7. The number of nitrogens with zero attached hydrogens (tertiary/aromatic N) is 4. The summed E-state index contributed by atoms with van der Waals surface area (Å²) in [5.74, 6) is 1.46. The van der Waals surface area contributed by atoms with Crippen LogP contribution in [0.25, 0.3) is 6.08 Å². The van der Waals surface area contributed by atoms with Gasteiger partial charge in [-0.25, -0.2) is 9.37 Å². The molecule has 1 saturated heterocycles. The summed E-state index contributed by atoms with van der Waals surface area (Å²) in [6, 6.07) is 19.2. The van der Waals surface area contributed by atoms with Crippen molar-refractivity contribution >= 4 is 17.7 Å². The second-order valence-electron chi connectivity index (χ2n) is 12.9. The molecule has 1 fully saturated rings. The predicted molar refractivity (Wildman–Crippen MR) is 206 cm³/mol. The van der Waals surface area contributed by atoms with Crippen LogP contribution in [0.2, 0.25) is 0 Å². The molecule has 2 aliphatic rings. The molecular weight excluding hydrogens is 607 g/mol. The first-order chi connectivity index (χ1) is 23.2. The van der Waals surface area contributed by atoms with E-state index in [0.29, 0.717) is 23.6 Å². The van der Waals surface area contributed by atoms with E-state index in [1.807, 2.05) is 12.1 Å². The molecule has 0 spiro atoms. The van der Waals surface area contributed by atoms with E-state index in [-0.39, 0.29) is 20.5 Å². The molecule has 0 bridgehead atoms. The van der Waals surface area contributed by atoms with E-state index < -0.39 is 0 Å². The van der Waals surface area contributed by atoms with Gasteiger partial charge in [-0.2, -0.15) is 5.26 Å². The van der Waals surface area contributed by atoms with Gasteiger partial charge in [0.05, 0.1) is 11.6 Å². The first-order valence-corrected chi connectivity index (χ1v) is 17.1. The summed E-state index contributed by atoms with van der Waals surface area (Å²) >= 11 is 0. The van der Waals surface area contributed by atoms with Crippen LogP contribution in [0.4, 0.5) is 10.2 Å². The lowest BCUT2D eigenvalue weighted by Gasteiger charge is -2.40. The third kappa shape index (κ3) is 11.5. The van der Waals surface area contributed by atoms with Gasteiger partial charge in [0.25, 0.3) is 0 Å². The molecule has 0 saturated carbocycles. The highest BCUT2D eigenvalue weighted by Gasteiger charge is 2.24. The maximum absolute atomic E-state index is 13.0. The number of hydrogen-bond acceptors (Lipinski definition) is 5. The Morgan fingerprint density at radius 1 is 1.14 bits per heavy atom. The van der Waals surface area contributed by atoms with Gasteiger partial charge in [-0.3, -0.25) is 9.69 Å². The lowest BCUT2D eigenvalue weighted by atomic mass is 9.93. The van der Waals surface area contributed by atoms with Crippen LogP contribution < -0.4 is 4.90 Å². The monoisotopic (exact) mass is 662 g/mol. The Balaban J connectivity index is 0.000000527. The second kappa shape index (κ2) is 19.4. The number of aromatic nitrogens is 1. The van der Waals surface area contributed by atoms with E-state index in [0.717, 1.165) is 62.0 Å². The van der Waals surface area contributed by atoms with Crippen LogP contribution in [0.3, 0.4) is 0 Å². The van der Waals surface area contributed by atoms with E-state index in [1.54, 1.807) is 18.2 Å². The third-order valence-electron chi connectivity index (χ3n) is 9.11. The predicted octanol–water partition coefficient (Wildman–Crippen LogP) is 9.97. The zero-order valence-corrected chi connectivity index (χ0v) is 28.8. The zero-order valence-electron chi connectivity index (χ0n) is 28.8. The Morgan fingerprint density at radius 2 is 1.96 bits per heavy atom. The molecule has 1 aliphatic carbocycles. The fourth-order valence-corrected chi connectivity index (χ4v) is 6.44. The van der Waals surface area contributed by atoms with Crippen LogP contribution in [-0.2, 0) is 12.8 Å². The van der Waals surface area contributed by atoms with Gasteiger partial charge in [-0.05, 0) is 118 Å². The minimum Gasteiger partial charge on any atom is -0.354 e. The van der Waals surface area contributed by atoms with Gasteiger partial charge < -0.3 is 4.90 Å². The van der Waals surface area contributed by atoms with Gasteiger partial charge in [-0.15, -0.1) is 6.58 Å². The van der Waals surface area contributed by atoms with Crippen LogP contribution in [-0.4, -0.2) is 47.9 Å². The van der Waals surface area contributed by atoms with E-state index in [4.69, 9.17) is 10.2 Å². The largest absolute Gasteiger partial charge is 0.354 e. The van der Waals surface area contributed by atoms with Gasteiger partial charge in [0, 0.05) is 44.9 Å². The van der Waals surface area contributed by atoms with Gasteiger partial charge in [0.15, 0.2) is 5.78 Å². The molecule has 1 aromatic heterocycles. The molecule has 5 rings (SSSR count). The molecule has 1 aliphatic heterocycles. The second-order valence-corrected chi connectivity index (χ2v) is 12.9. The number of aryl methyl sites for hydroxylation is 2. The van der Waals surface area contributed by atoms with Gasteiger partial charge >= 0.3 is 0 Å². The standard InChI is InChI=1S/C32H41N3O.C10H8FN.CH4.H2/c1-5-31(36)30-17-16-29(28(21-30)14-9-13-27-11-6-7-12-27)20-24(2)22-34-18-19-35(23-26(34)4)32-15-8-10-25(3)33-32;1-2-3-9-5-4-8(7-12)6-10(9)11;;/h5-6,8,10-11,15-17,20-21,26-27H,1,7,9,12-14,18-19,22-23H2,2-4H3;2,4-6H,1,3H2;1H4;1H/b24-20+;;;/t26-,27-;;;/m0.../s1. The van der Waals surface area contributed by atoms with Crippen molar-refractivity contribution in [1.82, 2.24) is 9.88 Å². The van der Waals surface area contributed by atoms with Crippen LogP contribution in [0.15, 0.2) is 97.6 Å². The number of ketones is 1. The molecule has 6 heteroatoms. The van der Waals surface area contributed by atoms with Crippen molar-refractivity contribution < 1.29 is 10.6 Å². The molecule has 0 unspecified atom stereocenters. The summed E-state index contributed by atoms with van der Waals surface area (Å²) in [4.78, 5) is 22.0. The fourth-order valence-electron chi connectivity index (χ4n) is 6.44. The number of rotatable bonds is 12. The average molecular weight is 663 g/mol. The normalized spacial score (nSPS) is 17.4. The number of hydrogen-bond donors (Lipinski definition) is 0. The number of anilines is 1. The van der Waals surface area contributed by atoms with Gasteiger partial charge in [-0.1, -0.05) is 68.1 Å². The molecule has 2 heterocycles. The molecule has 0 amide bonds. The number of allylic oxidation sites excluding steroid dienone is 4. The van der Waals surface area contributed by atoms with E-state index >= 15 is 0 Å².